The van der Waals surface area contributed by atoms with Gasteiger partial charge in [-0.25, -0.2) is 4.98 Å². The van der Waals surface area contributed by atoms with Crippen molar-refractivity contribution < 1.29 is 9.66 Å². The molecule has 0 spiro atoms. The fraction of sp³-hybridized carbons (Fsp3) is 0.200. The summed E-state index contributed by atoms with van der Waals surface area (Å²) in [4.78, 5) is 14.8. The van der Waals surface area contributed by atoms with Crippen molar-refractivity contribution in [1.82, 2.24) is 25.2 Å². The minimum absolute atomic E-state index is 0.0319. The summed E-state index contributed by atoms with van der Waals surface area (Å²) >= 11 is 0. The summed E-state index contributed by atoms with van der Waals surface area (Å²) in [5.41, 5.74) is 1.59. The molecule has 1 aromatic carbocycles. The van der Waals surface area contributed by atoms with Crippen LogP contribution < -0.4 is 4.74 Å². The van der Waals surface area contributed by atoms with Crippen LogP contribution in [0.4, 0.5) is 5.69 Å². The van der Waals surface area contributed by atoms with E-state index in [2.05, 4.69) is 20.5 Å². The minimum atomic E-state index is -0.465. The number of benzene rings is 1. The normalized spacial score (nSPS) is 10.6. The summed E-state index contributed by atoms with van der Waals surface area (Å²) in [6.07, 6.45) is 0. The van der Waals surface area contributed by atoms with Gasteiger partial charge in [-0.05, 0) is 48.0 Å². The van der Waals surface area contributed by atoms with Gasteiger partial charge in [-0.3, -0.25) is 10.1 Å². The van der Waals surface area contributed by atoms with Crippen molar-refractivity contribution in [1.29, 1.82) is 0 Å². The van der Waals surface area contributed by atoms with E-state index in [0.717, 1.165) is 11.3 Å². The summed E-state index contributed by atoms with van der Waals surface area (Å²) in [6.45, 7) is 3.74. The maximum Gasteiger partial charge on any atom is 0.273 e. The van der Waals surface area contributed by atoms with Crippen molar-refractivity contribution in [3.05, 3.63) is 63.6 Å². The van der Waals surface area contributed by atoms with Crippen molar-refractivity contribution in [3.63, 3.8) is 0 Å². The average Bonchev–Trinajstić information content (AvgIpc) is 3.02. The number of hydrogen-bond donors (Lipinski definition) is 0. The van der Waals surface area contributed by atoms with Crippen LogP contribution in [0.5, 0.6) is 5.75 Å². The van der Waals surface area contributed by atoms with E-state index in [0.29, 0.717) is 17.4 Å². The summed E-state index contributed by atoms with van der Waals surface area (Å²) in [5, 5.41) is 22.4. The fourth-order valence-corrected chi connectivity index (χ4v) is 2.12. The predicted molar refractivity (Wildman–Crippen MR) is 83.9 cm³/mol. The Morgan fingerprint density at radius 2 is 2.08 bits per heavy atom. The Morgan fingerprint density at radius 3 is 2.83 bits per heavy atom. The number of aromatic nitrogens is 5. The standard InChI is InChI=1S/C15H14N6O3/c1-10-6-7-12(21(22)23)8-13(10)24-9-15-17-18-19-20(15)14-5-3-4-11(2)16-14/h3-8H,9H2,1-2H3. The van der Waals surface area contributed by atoms with Gasteiger partial charge in [0.1, 0.15) is 12.4 Å². The number of nitrogens with zero attached hydrogens (tertiary/aromatic N) is 6. The van der Waals surface area contributed by atoms with E-state index in [1.165, 1.54) is 16.8 Å². The number of aryl methyl sites for hydroxylation is 2. The molecular formula is C15H14N6O3. The van der Waals surface area contributed by atoms with Gasteiger partial charge >= 0.3 is 0 Å². The van der Waals surface area contributed by atoms with Crippen LogP contribution in [-0.4, -0.2) is 30.1 Å². The van der Waals surface area contributed by atoms with Crippen molar-refractivity contribution >= 4 is 5.69 Å². The lowest BCUT2D eigenvalue weighted by Gasteiger charge is -2.09. The van der Waals surface area contributed by atoms with Gasteiger partial charge in [0.2, 0.25) is 0 Å². The predicted octanol–water partition coefficient (Wildman–Crippen LogP) is 2.16. The number of non-ortho nitro benzene ring substituents is 1. The fourth-order valence-electron chi connectivity index (χ4n) is 2.12. The molecule has 0 bridgehead atoms. The summed E-state index contributed by atoms with van der Waals surface area (Å²) in [5.74, 6) is 1.43. The van der Waals surface area contributed by atoms with Crippen molar-refractivity contribution in [2.45, 2.75) is 20.5 Å². The van der Waals surface area contributed by atoms with Gasteiger partial charge in [0.15, 0.2) is 11.6 Å². The second-order valence-corrected chi connectivity index (χ2v) is 5.14. The van der Waals surface area contributed by atoms with E-state index >= 15 is 0 Å². The van der Waals surface area contributed by atoms with Crippen LogP contribution in [0.2, 0.25) is 0 Å². The number of rotatable bonds is 5. The second kappa shape index (κ2) is 6.41. The van der Waals surface area contributed by atoms with E-state index in [1.807, 2.05) is 26.0 Å². The zero-order valence-electron chi connectivity index (χ0n) is 13.1. The maximum absolute atomic E-state index is 10.9. The highest BCUT2D eigenvalue weighted by molar-refractivity contribution is 5.43. The largest absolute Gasteiger partial charge is 0.485 e. The first kappa shape index (κ1) is 15.5. The molecule has 0 unspecified atom stereocenters. The molecule has 122 valence electrons. The molecule has 0 radical (unpaired) electrons. The molecule has 0 amide bonds. The van der Waals surface area contributed by atoms with Gasteiger partial charge in [0, 0.05) is 11.8 Å². The molecular weight excluding hydrogens is 312 g/mol. The van der Waals surface area contributed by atoms with Crippen LogP contribution in [0.3, 0.4) is 0 Å². The topological polar surface area (TPSA) is 109 Å². The van der Waals surface area contributed by atoms with Gasteiger partial charge in [0.25, 0.3) is 5.69 Å². The Morgan fingerprint density at radius 1 is 1.25 bits per heavy atom. The van der Waals surface area contributed by atoms with Crippen molar-refractivity contribution in [3.8, 4) is 11.6 Å². The molecule has 9 nitrogen and oxygen atoms in total. The number of nitro groups is 1. The summed E-state index contributed by atoms with van der Waals surface area (Å²) < 4.78 is 7.14. The quantitative estimate of drug-likeness (QED) is 0.522. The second-order valence-electron chi connectivity index (χ2n) is 5.14. The van der Waals surface area contributed by atoms with E-state index in [9.17, 15) is 10.1 Å². The molecule has 0 saturated heterocycles. The molecule has 3 rings (SSSR count). The number of hydrogen-bond acceptors (Lipinski definition) is 7. The number of nitro benzene ring substituents is 1. The van der Waals surface area contributed by atoms with Crippen LogP contribution in [-0.2, 0) is 6.61 Å². The lowest BCUT2D eigenvalue weighted by molar-refractivity contribution is -0.385. The van der Waals surface area contributed by atoms with Gasteiger partial charge in [0.05, 0.1) is 11.0 Å². The summed E-state index contributed by atoms with van der Waals surface area (Å²) in [7, 11) is 0. The van der Waals surface area contributed by atoms with E-state index in [4.69, 9.17) is 4.74 Å². The highest BCUT2D eigenvalue weighted by Gasteiger charge is 2.13. The smallest absolute Gasteiger partial charge is 0.273 e. The van der Waals surface area contributed by atoms with Gasteiger partial charge in [-0.2, -0.15) is 4.68 Å². The lowest BCUT2D eigenvalue weighted by atomic mass is 10.2. The molecule has 0 atom stereocenters. The zero-order valence-corrected chi connectivity index (χ0v) is 13.1. The Labute approximate surface area is 137 Å². The van der Waals surface area contributed by atoms with E-state index in [1.54, 1.807) is 12.1 Å². The monoisotopic (exact) mass is 326 g/mol. The Hall–Kier alpha value is -3.36. The zero-order chi connectivity index (χ0) is 17.1. The third-order valence-electron chi connectivity index (χ3n) is 3.36. The number of tetrazole rings is 1. The van der Waals surface area contributed by atoms with Gasteiger partial charge in [-0.15, -0.1) is 5.10 Å². The van der Waals surface area contributed by atoms with E-state index in [-0.39, 0.29) is 12.3 Å². The molecule has 0 aliphatic rings. The van der Waals surface area contributed by atoms with Crippen LogP contribution in [0.1, 0.15) is 17.1 Å². The Bertz CT molecular complexity index is 892. The van der Waals surface area contributed by atoms with Crippen molar-refractivity contribution in [2.24, 2.45) is 0 Å². The SMILES string of the molecule is Cc1cccc(-n2nnnc2COc2cc([N+](=O)[O-])ccc2C)n1. The molecule has 0 saturated carbocycles. The first-order valence-corrected chi connectivity index (χ1v) is 7.14. The van der Waals surface area contributed by atoms with Crippen LogP contribution in [0.15, 0.2) is 36.4 Å². The van der Waals surface area contributed by atoms with Crippen LogP contribution in [0, 0.1) is 24.0 Å². The third-order valence-corrected chi connectivity index (χ3v) is 3.36. The van der Waals surface area contributed by atoms with Gasteiger partial charge < -0.3 is 4.74 Å². The molecule has 0 aliphatic carbocycles. The maximum atomic E-state index is 10.9. The molecule has 0 N–H and O–H groups in total. The van der Waals surface area contributed by atoms with E-state index < -0.39 is 4.92 Å². The van der Waals surface area contributed by atoms with Crippen LogP contribution >= 0.6 is 0 Å². The highest BCUT2D eigenvalue weighted by Crippen LogP contribution is 2.24. The Kier molecular flexibility index (Phi) is 4.15. The van der Waals surface area contributed by atoms with Gasteiger partial charge in [-0.1, -0.05) is 6.07 Å². The van der Waals surface area contributed by atoms with Crippen molar-refractivity contribution in [2.75, 3.05) is 0 Å². The molecule has 24 heavy (non-hydrogen) atoms. The highest BCUT2D eigenvalue weighted by atomic mass is 16.6. The number of pyridine rings is 1. The average molecular weight is 326 g/mol. The van der Waals surface area contributed by atoms with Crippen LogP contribution in [0.25, 0.3) is 5.82 Å². The molecule has 2 aromatic heterocycles. The first-order chi connectivity index (χ1) is 11.5. The first-order valence-electron chi connectivity index (χ1n) is 7.14. The third kappa shape index (κ3) is 3.19. The lowest BCUT2D eigenvalue weighted by Crippen LogP contribution is -2.09. The number of ether oxygens (including phenoxy) is 1. The molecule has 2 heterocycles. The molecule has 0 aliphatic heterocycles. The molecule has 3 aromatic rings. The summed E-state index contributed by atoms with van der Waals surface area (Å²) in [6, 6.07) is 9.96. The molecule has 9 heteroatoms. The minimum Gasteiger partial charge on any atom is -0.485 e. The molecule has 0 fully saturated rings. The Balaban J connectivity index is 1.83.